The van der Waals surface area contributed by atoms with Crippen molar-refractivity contribution in [3.05, 3.63) is 24.3 Å². The van der Waals surface area contributed by atoms with E-state index in [4.69, 9.17) is 15.9 Å². The van der Waals surface area contributed by atoms with Gasteiger partial charge in [-0.1, -0.05) is 12.1 Å². The standard InChI is InChI=1S/C13H16O2/c1-3-5-8-11-15-13-10-7-6-9-12(13)14-4-2/h1,6-7,9-10H,4-5,8,11H2,2H3. The third-order valence-corrected chi connectivity index (χ3v) is 1.87. The predicted octanol–water partition coefficient (Wildman–Crippen LogP) is 2.88. The highest BCUT2D eigenvalue weighted by Crippen LogP contribution is 2.26. The summed E-state index contributed by atoms with van der Waals surface area (Å²) in [6, 6.07) is 7.67. The minimum absolute atomic E-state index is 0.633. The van der Waals surface area contributed by atoms with Crippen molar-refractivity contribution in [1.29, 1.82) is 0 Å². The molecule has 1 aromatic carbocycles. The van der Waals surface area contributed by atoms with Crippen molar-refractivity contribution in [2.45, 2.75) is 19.8 Å². The Balaban J connectivity index is 2.48. The fraction of sp³-hybridized carbons (Fsp3) is 0.385. The quantitative estimate of drug-likeness (QED) is 0.524. The lowest BCUT2D eigenvalue weighted by Gasteiger charge is -2.10. The minimum Gasteiger partial charge on any atom is -0.490 e. The Bertz CT molecular complexity index is 326. The van der Waals surface area contributed by atoms with Crippen molar-refractivity contribution in [2.24, 2.45) is 0 Å². The summed E-state index contributed by atoms with van der Waals surface area (Å²) in [5, 5.41) is 0. The molecule has 1 aromatic rings. The van der Waals surface area contributed by atoms with Gasteiger partial charge in [0.2, 0.25) is 0 Å². The molecule has 2 nitrogen and oxygen atoms in total. The predicted molar refractivity (Wildman–Crippen MR) is 61.2 cm³/mol. The molecule has 0 N–H and O–H groups in total. The second-order valence-corrected chi connectivity index (χ2v) is 3.04. The molecule has 2 heteroatoms. The Morgan fingerprint density at radius 2 is 1.87 bits per heavy atom. The molecule has 80 valence electrons. The summed E-state index contributed by atoms with van der Waals surface area (Å²) in [7, 11) is 0. The molecule has 0 aliphatic rings. The van der Waals surface area contributed by atoms with Crippen molar-refractivity contribution in [2.75, 3.05) is 13.2 Å². The zero-order valence-corrected chi connectivity index (χ0v) is 9.03. The summed E-state index contributed by atoms with van der Waals surface area (Å²) < 4.78 is 11.0. The van der Waals surface area contributed by atoms with E-state index in [9.17, 15) is 0 Å². The van der Waals surface area contributed by atoms with E-state index in [1.165, 1.54) is 0 Å². The number of hydrogen-bond donors (Lipinski definition) is 0. The fourth-order valence-corrected chi connectivity index (χ4v) is 1.20. The number of unbranched alkanes of at least 4 members (excludes halogenated alkanes) is 1. The van der Waals surface area contributed by atoms with Crippen LogP contribution in [0.5, 0.6) is 11.5 Å². The summed E-state index contributed by atoms with van der Waals surface area (Å²) in [5.41, 5.74) is 0. The zero-order chi connectivity index (χ0) is 10.9. The molecule has 0 saturated carbocycles. The van der Waals surface area contributed by atoms with E-state index < -0.39 is 0 Å². The van der Waals surface area contributed by atoms with Crippen LogP contribution in [-0.2, 0) is 0 Å². The monoisotopic (exact) mass is 204 g/mol. The molecule has 0 aliphatic carbocycles. The Kier molecular flexibility index (Phi) is 5.18. The highest BCUT2D eigenvalue weighted by molar-refractivity contribution is 5.39. The van der Waals surface area contributed by atoms with Crippen LogP contribution < -0.4 is 9.47 Å². The van der Waals surface area contributed by atoms with Gasteiger partial charge in [-0.25, -0.2) is 0 Å². The van der Waals surface area contributed by atoms with E-state index in [-0.39, 0.29) is 0 Å². The van der Waals surface area contributed by atoms with Gasteiger partial charge in [-0.2, -0.15) is 0 Å². The maximum Gasteiger partial charge on any atom is 0.161 e. The molecule has 0 spiro atoms. The highest BCUT2D eigenvalue weighted by atomic mass is 16.5. The van der Waals surface area contributed by atoms with Crippen LogP contribution in [-0.4, -0.2) is 13.2 Å². The Morgan fingerprint density at radius 1 is 1.20 bits per heavy atom. The SMILES string of the molecule is C#CCCCOc1ccccc1OCC. The second-order valence-electron chi connectivity index (χ2n) is 3.04. The first kappa shape index (κ1) is 11.5. The first-order valence-electron chi connectivity index (χ1n) is 5.16. The summed E-state index contributed by atoms with van der Waals surface area (Å²) >= 11 is 0. The number of rotatable bonds is 6. The Labute approximate surface area is 91.2 Å². The number of ether oxygens (including phenoxy) is 2. The van der Waals surface area contributed by atoms with Gasteiger partial charge in [0.05, 0.1) is 13.2 Å². The molecule has 15 heavy (non-hydrogen) atoms. The van der Waals surface area contributed by atoms with Gasteiger partial charge in [0.1, 0.15) is 0 Å². The van der Waals surface area contributed by atoms with Gasteiger partial charge in [0, 0.05) is 6.42 Å². The third-order valence-electron chi connectivity index (χ3n) is 1.87. The smallest absolute Gasteiger partial charge is 0.161 e. The van der Waals surface area contributed by atoms with Crippen LogP contribution >= 0.6 is 0 Å². The second kappa shape index (κ2) is 6.78. The highest BCUT2D eigenvalue weighted by Gasteiger charge is 2.02. The number of benzene rings is 1. The topological polar surface area (TPSA) is 18.5 Å². The fourth-order valence-electron chi connectivity index (χ4n) is 1.20. The van der Waals surface area contributed by atoms with E-state index in [2.05, 4.69) is 5.92 Å². The molecule has 0 heterocycles. The molecular weight excluding hydrogens is 188 g/mol. The van der Waals surface area contributed by atoms with E-state index in [1.54, 1.807) is 0 Å². The van der Waals surface area contributed by atoms with Gasteiger partial charge >= 0.3 is 0 Å². The first-order valence-corrected chi connectivity index (χ1v) is 5.16. The van der Waals surface area contributed by atoms with E-state index in [0.717, 1.165) is 24.3 Å². The number of para-hydroxylation sites is 2. The Hall–Kier alpha value is -1.62. The normalized spacial score (nSPS) is 9.33. The third kappa shape index (κ3) is 3.95. The number of terminal acetylenes is 1. The summed E-state index contributed by atoms with van der Waals surface area (Å²) in [5.74, 6) is 4.16. The molecule has 0 bridgehead atoms. The van der Waals surface area contributed by atoms with Crippen molar-refractivity contribution in [1.82, 2.24) is 0 Å². The summed E-state index contributed by atoms with van der Waals surface area (Å²) in [6.07, 6.45) is 6.77. The molecule has 0 radical (unpaired) electrons. The van der Waals surface area contributed by atoms with Gasteiger partial charge in [-0.15, -0.1) is 12.3 Å². The van der Waals surface area contributed by atoms with Gasteiger partial charge in [0.15, 0.2) is 11.5 Å². The molecule has 0 saturated heterocycles. The Morgan fingerprint density at radius 3 is 2.47 bits per heavy atom. The largest absolute Gasteiger partial charge is 0.490 e. The van der Waals surface area contributed by atoms with Crippen LogP contribution in [0.25, 0.3) is 0 Å². The van der Waals surface area contributed by atoms with Gasteiger partial charge < -0.3 is 9.47 Å². The van der Waals surface area contributed by atoms with Crippen LogP contribution in [0.3, 0.4) is 0 Å². The van der Waals surface area contributed by atoms with Crippen molar-refractivity contribution in [3.8, 4) is 23.8 Å². The van der Waals surface area contributed by atoms with E-state index in [1.807, 2.05) is 31.2 Å². The molecule has 0 atom stereocenters. The summed E-state index contributed by atoms with van der Waals surface area (Å²) in [4.78, 5) is 0. The molecule has 0 amide bonds. The van der Waals surface area contributed by atoms with Crippen molar-refractivity contribution < 1.29 is 9.47 Å². The van der Waals surface area contributed by atoms with Gasteiger partial charge in [0.25, 0.3) is 0 Å². The molecule has 1 rings (SSSR count). The van der Waals surface area contributed by atoms with Crippen LogP contribution in [0.15, 0.2) is 24.3 Å². The van der Waals surface area contributed by atoms with Gasteiger partial charge in [-0.3, -0.25) is 0 Å². The van der Waals surface area contributed by atoms with E-state index >= 15 is 0 Å². The average Bonchev–Trinajstić information content (AvgIpc) is 2.27. The van der Waals surface area contributed by atoms with Crippen molar-refractivity contribution in [3.63, 3.8) is 0 Å². The molecule has 0 aliphatic heterocycles. The minimum atomic E-state index is 0.633. The number of hydrogen-bond acceptors (Lipinski definition) is 2. The van der Waals surface area contributed by atoms with Crippen LogP contribution in [0.4, 0.5) is 0 Å². The van der Waals surface area contributed by atoms with Crippen molar-refractivity contribution >= 4 is 0 Å². The molecule has 0 unspecified atom stereocenters. The first-order chi connectivity index (χ1) is 7.38. The maximum absolute atomic E-state index is 5.57. The average molecular weight is 204 g/mol. The van der Waals surface area contributed by atoms with Gasteiger partial charge in [-0.05, 0) is 25.5 Å². The maximum atomic E-state index is 5.57. The van der Waals surface area contributed by atoms with Crippen LogP contribution in [0, 0.1) is 12.3 Å². The summed E-state index contributed by atoms with van der Waals surface area (Å²) in [6.45, 7) is 3.23. The van der Waals surface area contributed by atoms with Crippen LogP contribution in [0.2, 0.25) is 0 Å². The molecular formula is C13H16O2. The van der Waals surface area contributed by atoms with E-state index in [0.29, 0.717) is 13.2 Å². The lowest BCUT2D eigenvalue weighted by Crippen LogP contribution is -2.00. The molecule has 0 fully saturated rings. The molecule has 0 aromatic heterocycles. The zero-order valence-electron chi connectivity index (χ0n) is 9.03. The van der Waals surface area contributed by atoms with Crippen LogP contribution in [0.1, 0.15) is 19.8 Å². The lowest BCUT2D eigenvalue weighted by atomic mass is 10.3. The lowest BCUT2D eigenvalue weighted by molar-refractivity contribution is 0.274.